The number of hydrogen-bond donors (Lipinski definition) is 1. The van der Waals surface area contributed by atoms with Crippen molar-refractivity contribution in [3.63, 3.8) is 0 Å². The minimum absolute atomic E-state index is 0.217. The van der Waals surface area contributed by atoms with Crippen molar-refractivity contribution >= 4 is 0 Å². The van der Waals surface area contributed by atoms with Crippen molar-refractivity contribution in [3.8, 4) is 11.1 Å². The van der Waals surface area contributed by atoms with E-state index in [1.165, 1.54) is 17.7 Å². The minimum atomic E-state index is -0.217. The molecule has 0 aliphatic carbocycles. The third-order valence-electron chi connectivity index (χ3n) is 2.64. The fourth-order valence-electron chi connectivity index (χ4n) is 1.80. The molecular formula is C14H14FN. The maximum atomic E-state index is 12.8. The van der Waals surface area contributed by atoms with Gasteiger partial charge in [-0.2, -0.15) is 0 Å². The topological polar surface area (TPSA) is 26.0 Å². The number of aryl methyl sites for hydroxylation is 1. The summed E-state index contributed by atoms with van der Waals surface area (Å²) in [5, 5.41) is 0. The maximum absolute atomic E-state index is 12.8. The zero-order valence-electron chi connectivity index (χ0n) is 9.20. The SMILES string of the molecule is Cc1ccc(-c2ccc(F)cc2)c(CN)c1. The monoisotopic (exact) mass is 215 g/mol. The highest BCUT2D eigenvalue weighted by Gasteiger charge is 2.04. The summed E-state index contributed by atoms with van der Waals surface area (Å²) in [6.45, 7) is 2.53. The van der Waals surface area contributed by atoms with Crippen molar-refractivity contribution in [3.05, 3.63) is 59.4 Å². The molecule has 0 aliphatic rings. The van der Waals surface area contributed by atoms with Crippen molar-refractivity contribution in [1.82, 2.24) is 0 Å². The quantitative estimate of drug-likeness (QED) is 0.817. The van der Waals surface area contributed by atoms with Crippen molar-refractivity contribution in [2.45, 2.75) is 13.5 Å². The molecule has 0 amide bonds. The Labute approximate surface area is 94.7 Å². The van der Waals surface area contributed by atoms with Gasteiger partial charge in [-0.1, -0.05) is 35.9 Å². The van der Waals surface area contributed by atoms with Crippen molar-refractivity contribution < 1.29 is 4.39 Å². The fourth-order valence-corrected chi connectivity index (χ4v) is 1.80. The van der Waals surface area contributed by atoms with Crippen LogP contribution in [0.4, 0.5) is 4.39 Å². The standard InChI is InChI=1S/C14H14FN/c1-10-2-7-14(12(8-10)9-16)11-3-5-13(15)6-4-11/h2-8H,9,16H2,1H3. The summed E-state index contributed by atoms with van der Waals surface area (Å²) in [4.78, 5) is 0. The van der Waals surface area contributed by atoms with Gasteiger partial charge in [-0.05, 0) is 35.7 Å². The molecule has 2 aromatic rings. The van der Waals surface area contributed by atoms with Crippen LogP contribution < -0.4 is 5.73 Å². The zero-order valence-corrected chi connectivity index (χ0v) is 9.20. The predicted molar refractivity (Wildman–Crippen MR) is 64.5 cm³/mol. The Kier molecular flexibility index (Phi) is 3.02. The normalized spacial score (nSPS) is 10.4. The molecule has 2 N–H and O–H groups in total. The second-order valence-corrected chi connectivity index (χ2v) is 3.87. The predicted octanol–water partition coefficient (Wildman–Crippen LogP) is 3.26. The first kappa shape index (κ1) is 10.8. The second kappa shape index (κ2) is 4.45. The van der Waals surface area contributed by atoms with Gasteiger partial charge in [0.15, 0.2) is 0 Å². The van der Waals surface area contributed by atoms with Crippen LogP contribution >= 0.6 is 0 Å². The van der Waals surface area contributed by atoms with E-state index in [9.17, 15) is 4.39 Å². The lowest BCUT2D eigenvalue weighted by Gasteiger charge is -2.09. The van der Waals surface area contributed by atoms with Crippen LogP contribution in [0.25, 0.3) is 11.1 Å². The third kappa shape index (κ3) is 2.12. The van der Waals surface area contributed by atoms with Crippen LogP contribution in [0, 0.1) is 12.7 Å². The van der Waals surface area contributed by atoms with Crippen LogP contribution in [-0.2, 0) is 6.54 Å². The average molecular weight is 215 g/mol. The smallest absolute Gasteiger partial charge is 0.123 e. The highest BCUT2D eigenvalue weighted by molar-refractivity contribution is 5.67. The van der Waals surface area contributed by atoms with Crippen LogP contribution in [0.5, 0.6) is 0 Å². The molecule has 0 aliphatic heterocycles. The van der Waals surface area contributed by atoms with Crippen LogP contribution in [0.15, 0.2) is 42.5 Å². The first-order valence-electron chi connectivity index (χ1n) is 5.26. The van der Waals surface area contributed by atoms with E-state index in [0.717, 1.165) is 16.7 Å². The van der Waals surface area contributed by atoms with Gasteiger partial charge in [-0.25, -0.2) is 4.39 Å². The Morgan fingerprint density at radius 2 is 1.75 bits per heavy atom. The van der Waals surface area contributed by atoms with Gasteiger partial charge in [-0.3, -0.25) is 0 Å². The second-order valence-electron chi connectivity index (χ2n) is 3.87. The van der Waals surface area contributed by atoms with E-state index in [-0.39, 0.29) is 5.82 Å². The summed E-state index contributed by atoms with van der Waals surface area (Å²) >= 11 is 0. The van der Waals surface area contributed by atoms with E-state index in [4.69, 9.17) is 5.73 Å². The van der Waals surface area contributed by atoms with E-state index in [2.05, 4.69) is 6.07 Å². The van der Waals surface area contributed by atoms with Gasteiger partial charge in [0, 0.05) is 6.54 Å². The molecule has 0 fully saturated rings. The lowest BCUT2D eigenvalue weighted by atomic mass is 9.98. The maximum Gasteiger partial charge on any atom is 0.123 e. The van der Waals surface area contributed by atoms with Crippen molar-refractivity contribution in [2.24, 2.45) is 5.73 Å². The largest absolute Gasteiger partial charge is 0.326 e. The summed E-state index contributed by atoms with van der Waals surface area (Å²) in [5.74, 6) is -0.217. The summed E-state index contributed by atoms with van der Waals surface area (Å²) in [7, 11) is 0. The number of nitrogens with two attached hydrogens (primary N) is 1. The molecule has 0 aromatic heterocycles. The Morgan fingerprint density at radius 1 is 1.06 bits per heavy atom. The fraction of sp³-hybridized carbons (Fsp3) is 0.143. The van der Waals surface area contributed by atoms with Crippen LogP contribution in [0.1, 0.15) is 11.1 Å². The third-order valence-corrected chi connectivity index (χ3v) is 2.64. The number of rotatable bonds is 2. The number of benzene rings is 2. The molecule has 0 bridgehead atoms. The van der Waals surface area contributed by atoms with E-state index in [0.29, 0.717) is 6.54 Å². The summed E-state index contributed by atoms with van der Waals surface area (Å²) in [5.41, 5.74) is 10.1. The van der Waals surface area contributed by atoms with Crippen molar-refractivity contribution in [1.29, 1.82) is 0 Å². The van der Waals surface area contributed by atoms with Gasteiger partial charge in [0.25, 0.3) is 0 Å². The lowest BCUT2D eigenvalue weighted by molar-refractivity contribution is 0.628. The molecule has 0 spiro atoms. The van der Waals surface area contributed by atoms with Gasteiger partial charge in [0.1, 0.15) is 5.82 Å². The average Bonchev–Trinajstić information content (AvgIpc) is 2.30. The molecule has 0 saturated carbocycles. The Bertz CT molecular complexity index is 489. The summed E-state index contributed by atoms with van der Waals surface area (Å²) in [6.07, 6.45) is 0. The first-order chi connectivity index (χ1) is 7.70. The first-order valence-corrected chi connectivity index (χ1v) is 5.26. The molecule has 0 atom stereocenters. The molecule has 16 heavy (non-hydrogen) atoms. The van der Waals surface area contributed by atoms with E-state index < -0.39 is 0 Å². The van der Waals surface area contributed by atoms with Gasteiger partial charge < -0.3 is 5.73 Å². The van der Waals surface area contributed by atoms with E-state index >= 15 is 0 Å². The molecule has 1 nitrogen and oxygen atoms in total. The molecule has 0 radical (unpaired) electrons. The Hall–Kier alpha value is -1.67. The van der Waals surface area contributed by atoms with Crippen LogP contribution in [-0.4, -0.2) is 0 Å². The van der Waals surface area contributed by atoms with Crippen LogP contribution in [0.2, 0.25) is 0 Å². The highest BCUT2D eigenvalue weighted by atomic mass is 19.1. The van der Waals surface area contributed by atoms with Gasteiger partial charge in [0.05, 0.1) is 0 Å². The number of hydrogen-bond acceptors (Lipinski definition) is 1. The Balaban J connectivity index is 2.51. The van der Waals surface area contributed by atoms with E-state index in [1.54, 1.807) is 12.1 Å². The van der Waals surface area contributed by atoms with Gasteiger partial charge >= 0.3 is 0 Å². The lowest BCUT2D eigenvalue weighted by Crippen LogP contribution is -1.99. The van der Waals surface area contributed by atoms with E-state index in [1.807, 2.05) is 19.1 Å². The van der Waals surface area contributed by atoms with Crippen LogP contribution in [0.3, 0.4) is 0 Å². The Morgan fingerprint density at radius 3 is 2.38 bits per heavy atom. The van der Waals surface area contributed by atoms with Crippen molar-refractivity contribution in [2.75, 3.05) is 0 Å². The molecule has 0 heterocycles. The molecule has 2 rings (SSSR count). The van der Waals surface area contributed by atoms with Gasteiger partial charge in [-0.15, -0.1) is 0 Å². The summed E-state index contributed by atoms with van der Waals surface area (Å²) < 4.78 is 12.8. The molecule has 2 aromatic carbocycles. The minimum Gasteiger partial charge on any atom is -0.326 e. The molecule has 0 saturated heterocycles. The number of halogens is 1. The highest BCUT2D eigenvalue weighted by Crippen LogP contribution is 2.24. The molecule has 2 heteroatoms. The zero-order chi connectivity index (χ0) is 11.5. The molecule has 0 unspecified atom stereocenters. The molecular weight excluding hydrogens is 201 g/mol. The van der Waals surface area contributed by atoms with Gasteiger partial charge in [0.2, 0.25) is 0 Å². The summed E-state index contributed by atoms with van der Waals surface area (Å²) in [6, 6.07) is 12.6. The molecule has 82 valence electrons.